The second-order valence-electron chi connectivity index (χ2n) is 20.4. The standard InChI is InChI=1S/C15H10F3NO3.C15H12FNO3.C14H9Br2Cl2NO.C14H9Br2F2NO.C14H9Cl2NO3/c16-15(17,18)13-7-2-1-4-11(13)9-19-22-12-6-3-5-10(8-12)14(20)21;1-10-5-11(7-13(16)6-10)9-17-20-14-4-2-3-12(8-14)15(18)19;2*1-8-13(15)2-9(3-14(8)16)7-19-20-12-5-10(17)4-11(18)6-12;15-11-4-9(5-12(16)7-11)8-17-20-13-3-1-2-10(6-13)14(18)19/h1-9H,(H,20,21);2-9H,1H3,(H,18,19);2*2-7H,1H3;1-8H,(H,18,19)/b19-9-;17-9-;2*19-7-;17-8-. The fourth-order valence-electron chi connectivity index (χ4n) is 7.79. The molecular formula is C72H49Br4Cl4F6N5O11. The summed E-state index contributed by atoms with van der Waals surface area (Å²) in [5.41, 5.74) is 5.15. The van der Waals surface area contributed by atoms with E-state index in [0.717, 1.165) is 76.2 Å². The van der Waals surface area contributed by atoms with E-state index in [-0.39, 0.29) is 39.6 Å². The highest BCUT2D eigenvalue weighted by molar-refractivity contribution is 9.11. The fraction of sp³-hybridized carbons (Fsp3) is 0.0556. The maximum Gasteiger partial charge on any atom is 0.417 e. The molecule has 0 aliphatic rings. The highest BCUT2D eigenvalue weighted by atomic mass is 79.9. The van der Waals surface area contributed by atoms with Gasteiger partial charge in [0, 0.05) is 73.9 Å². The van der Waals surface area contributed by atoms with Gasteiger partial charge in [-0.1, -0.05) is 178 Å². The predicted octanol–water partition coefficient (Wildman–Crippen LogP) is 22.6. The van der Waals surface area contributed by atoms with Crippen molar-refractivity contribution in [3.63, 3.8) is 0 Å². The van der Waals surface area contributed by atoms with Gasteiger partial charge in [-0.3, -0.25) is 0 Å². The van der Waals surface area contributed by atoms with E-state index >= 15 is 0 Å². The first-order chi connectivity index (χ1) is 48.4. The van der Waals surface area contributed by atoms with Crippen LogP contribution in [-0.2, 0) is 6.18 Å². The minimum atomic E-state index is -4.49. The molecule has 0 aliphatic carbocycles. The molecule has 0 amide bonds. The molecule has 10 aromatic rings. The van der Waals surface area contributed by atoms with E-state index < -0.39 is 41.3 Å². The molecule has 0 saturated heterocycles. The van der Waals surface area contributed by atoms with Gasteiger partial charge in [-0.2, -0.15) is 13.2 Å². The van der Waals surface area contributed by atoms with E-state index in [9.17, 15) is 40.7 Å². The Morgan fingerprint density at radius 3 is 1.07 bits per heavy atom. The van der Waals surface area contributed by atoms with Crippen LogP contribution in [0.15, 0.2) is 238 Å². The molecule has 0 fully saturated rings. The summed E-state index contributed by atoms with van der Waals surface area (Å²) in [6.07, 6.45) is 2.30. The Labute approximate surface area is 632 Å². The van der Waals surface area contributed by atoms with Crippen molar-refractivity contribution in [3.8, 4) is 28.7 Å². The van der Waals surface area contributed by atoms with Gasteiger partial charge in [-0.25, -0.2) is 27.6 Å². The number of rotatable bonds is 18. The minimum absolute atomic E-state index is 0.00370. The van der Waals surface area contributed by atoms with E-state index in [0.29, 0.717) is 48.5 Å². The lowest BCUT2D eigenvalue weighted by molar-refractivity contribution is -0.137. The highest BCUT2D eigenvalue weighted by Crippen LogP contribution is 2.32. The number of aromatic carboxylic acids is 3. The van der Waals surface area contributed by atoms with E-state index in [4.69, 9.17) is 85.9 Å². The minimum Gasteiger partial charge on any atom is -0.478 e. The number of carbonyl (C=O) groups is 3. The zero-order valence-corrected chi connectivity index (χ0v) is 61.9. The number of hydrogen-bond donors (Lipinski definition) is 3. The Bertz CT molecular complexity index is 4430. The van der Waals surface area contributed by atoms with Gasteiger partial charge < -0.3 is 39.5 Å². The molecular weight excluding hydrogens is 1690 g/mol. The van der Waals surface area contributed by atoms with Crippen LogP contribution < -0.4 is 24.2 Å². The van der Waals surface area contributed by atoms with E-state index in [2.05, 4.69) is 89.5 Å². The predicted molar refractivity (Wildman–Crippen MR) is 396 cm³/mol. The summed E-state index contributed by atoms with van der Waals surface area (Å²) in [6, 6.07) is 47.2. The summed E-state index contributed by atoms with van der Waals surface area (Å²) in [5.74, 6) is -3.75. The van der Waals surface area contributed by atoms with Gasteiger partial charge in [0.2, 0.25) is 0 Å². The third-order valence-corrected chi connectivity index (χ3v) is 16.7. The van der Waals surface area contributed by atoms with Crippen LogP contribution in [0, 0.1) is 38.2 Å². The lowest BCUT2D eigenvalue weighted by Crippen LogP contribution is -2.08. The van der Waals surface area contributed by atoms with Crippen molar-refractivity contribution in [1.29, 1.82) is 0 Å². The number of halogens is 14. The lowest BCUT2D eigenvalue weighted by atomic mass is 10.1. The third kappa shape index (κ3) is 28.6. The molecule has 102 heavy (non-hydrogen) atoms. The van der Waals surface area contributed by atoms with Crippen molar-refractivity contribution in [1.82, 2.24) is 0 Å². The number of nitrogens with zero attached hydrogens (tertiary/aromatic N) is 5. The zero-order valence-electron chi connectivity index (χ0n) is 52.5. The topological polar surface area (TPSA) is 220 Å². The monoisotopic (exact) mass is 1730 g/mol. The van der Waals surface area contributed by atoms with Gasteiger partial charge in [0.05, 0.1) is 53.3 Å². The smallest absolute Gasteiger partial charge is 0.417 e. The van der Waals surface area contributed by atoms with Crippen molar-refractivity contribution in [3.05, 3.63) is 316 Å². The van der Waals surface area contributed by atoms with Crippen molar-refractivity contribution >= 4 is 159 Å². The van der Waals surface area contributed by atoms with Crippen LogP contribution in [-0.4, -0.2) is 64.3 Å². The molecule has 10 aromatic carbocycles. The number of oxime groups is 5. The Morgan fingerprint density at radius 2 is 0.696 bits per heavy atom. The SMILES string of the molecule is Cc1c(Br)cc(/C=N\Oc2cc(Cl)cc(Cl)c2)cc1Br.Cc1c(Br)cc(/C=N\Oc2cc(F)cc(F)c2)cc1Br.Cc1cc(F)cc(/C=N\Oc2cccc(C(=O)O)c2)c1.O=C(O)c1cccc(O/N=C\c2cc(Cl)cc(Cl)c2)c1.O=C(O)c1cccc(O/N=C\c2ccccc2C(F)(F)F)c1. The van der Waals surface area contributed by atoms with Crippen molar-refractivity contribution in [2.75, 3.05) is 0 Å². The number of alkyl halides is 3. The molecule has 0 spiro atoms. The average Bonchev–Trinajstić information content (AvgIpc) is 0.824. The van der Waals surface area contributed by atoms with Crippen LogP contribution in [0.1, 0.15) is 81.1 Å². The van der Waals surface area contributed by atoms with Gasteiger partial charge in [0.25, 0.3) is 0 Å². The Hall–Kier alpha value is -9.38. The molecule has 0 radical (unpaired) electrons. The summed E-state index contributed by atoms with van der Waals surface area (Å²) in [6.45, 7) is 5.75. The molecule has 0 aromatic heterocycles. The first-order valence-corrected chi connectivity index (χ1v) is 33.3. The molecule has 0 heterocycles. The molecule has 526 valence electrons. The van der Waals surface area contributed by atoms with Gasteiger partial charge in [-0.05, 0) is 181 Å². The molecule has 30 heteroatoms. The number of benzene rings is 10. The van der Waals surface area contributed by atoms with Gasteiger partial charge in [0.15, 0.2) is 28.7 Å². The van der Waals surface area contributed by atoms with Crippen LogP contribution in [0.2, 0.25) is 20.1 Å². The number of hydrogen-bond acceptors (Lipinski definition) is 13. The van der Waals surface area contributed by atoms with Crippen molar-refractivity contribution in [2.45, 2.75) is 26.9 Å². The molecule has 10 rings (SSSR count). The van der Waals surface area contributed by atoms with Gasteiger partial charge in [0.1, 0.15) is 17.5 Å². The van der Waals surface area contributed by atoms with Crippen LogP contribution in [0.4, 0.5) is 26.3 Å². The number of carboxylic acid groups (broad SMARTS) is 3. The van der Waals surface area contributed by atoms with Crippen LogP contribution in [0.3, 0.4) is 0 Å². The highest BCUT2D eigenvalue weighted by Gasteiger charge is 2.32. The summed E-state index contributed by atoms with van der Waals surface area (Å²) in [7, 11) is 0. The first kappa shape index (κ1) is 81.6. The van der Waals surface area contributed by atoms with Gasteiger partial charge in [-0.15, -0.1) is 0 Å². The average molecular weight is 1740 g/mol. The van der Waals surface area contributed by atoms with Crippen LogP contribution in [0.25, 0.3) is 0 Å². The first-order valence-electron chi connectivity index (χ1n) is 28.6. The molecule has 16 nitrogen and oxygen atoms in total. The zero-order chi connectivity index (χ0) is 74.6. The third-order valence-electron chi connectivity index (χ3n) is 12.5. The molecule has 0 saturated carbocycles. The molecule has 0 unspecified atom stereocenters. The lowest BCUT2D eigenvalue weighted by Gasteiger charge is -2.09. The number of aryl methyl sites for hydroxylation is 1. The molecule has 0 atom stereocenters. The van der Waals surface area contributed by atoms with E-state index in [1.54, 1.807) is 79.9 Å². The van der Waals surface area contributed by atoms with Crippen molar-refractivity contribution < 1.29 is 80.2 Å². The maximum absolute atomic E-state index is 13.2. The Morgan fingerprint density at radius 1 is 0.373 bits per heavy atom. The van der Waals surface area contributed by atoms with E-state index in [1.165, 1.54) is 97.5 Å². The maximum atomic E-state index is 13.2. The summed E-state index contributed by atoms with van der Waals surface area (Å²) < 4.78 is 81.2. The molecule has 0 bridgehead atoms. The quantitative estimate of drug-likeness (QED) is 0.0417. The number of carboxylic acids is 3. The molecule has 3 N–H and O–H groups in total. The summed E-state index contributed by atoms with van der Waals surface area (Å²) in [4.78, 5) is 57.6. The second-order valence-corrected chi connectivity index (χ2v) is 25.6. The summed E-state index contributed by atoms with van der Waals surface area (Å²) >= 11 is 37.3. The Kier molecular flexibility index (Phi) is 32.2. The fourth-order valence-corrected chi connectivity index (χ4v) is 11.3. The van der Waals surface area contributed by atoms with Gasteiger partial charge >= 0.3 is 24.1 Å². The van der Waals surface area contributed by atoms with Crippen molar-refractivity contribution in [2.24, 2.45) is 25.8 Å². The normalized spacial score (nSPS) is 11.0. The van der Waals surface area contributed by atoms with Crippen LogP contribution >= 0.6 is 110 Å². The Balaban J connectivity index is 0.000000201. The second kappa shape index (κ2) is 40.3. The van der Waals surface area contributed by atoms with E-state index in [1.807, 2.05) is 38.1 Å². The summed E-state index contributed by atoms with van der Waals surface area (Å²) in [5, 5.41) is 47.1. The van der Waals surface area contributed by atoms with Crippen LogP contribution in [0.5, 0.6) is 28.7 Å². The largest absolute Gasteiger partial charge is 0.478 e. The molecule has 0 aliphatic heterocycles.